The van der Waals surface area contributed by atoms with Crippen molar-refractivity contribution in [3.8, 4) is 0 Å². The van der Waals surface area contributed by atoms with Crippen LogP contribution in [0.4, 0.5) is 8.78 Å². The van der Waals surface area contributed by atoms with Crippen LogP contribution in [0.15, 0.2) is 24.3 Å². The van der Waals surface area contributed by atoms with Crippen LogP contribution in [-0.2, 0) is 13.0 Å². The lowest BCUT2D eigenvalue weighted by Gasteiger charge is -2.38. The van der Waals surface area contributed by atoms with Gasteiger partial charge in [0.25, 0.3) is 5.92 Å². The number of nitrogens with zero attached hydrogens (tertiary/aromatic N) is 1. The molecule has 0 amide bonds. The Balaban J connectivity index is 1.86. The lowest BCUT2D eigenvalue weighted by atomic mass is 10.0. The summed E-state index contributed by atoms with van der Waals surface area (Å²) in [5, 5.41) is 0. The highest BCUT2D eigenvalue weighted by Gasteiger charge is 2.43. The molecule has 0 unspecified atom stereocenters. The zero-order valence-electron chi connectivity index (χ0n) is 9.13. The van der Waals surface area contributed by atoms with Crippen molar-refractivity contribution < 1.29 is 8.78 Å². The van der Waals surface area contributed by atoms with Crippen LogP contribution in [0.3, 0.4) is 0 Å². The van der Waals surface area contributed by atoms with Crippen molar-refractivity contribution in [2.75, 3.05) is 19.6 Å². The van der Waals surface area contributed by atoms with Crippen LogP contribution in [0.1, 0.15) is 11.1 Å². The Labute approximate surface area is 94.0 Å². The Hall–Kier alpha value is -1.00. The molecule has 0 aromatic heterocycles. The van der Waals surface area contributed by atoms with Crippen molar-refractivity contribution in [2.45, 2.75) is 18.9 Å². The molecule has 0 atom stereocenters. The first-order valence-electron chi connectivity index (χ1n) is 5.48. The van der Waals surface area contributed by atoms with Crippen LogP contribution < -0.4 is 5.73 Å². The molecule has 1 aromatic carbocycles. The predicted octanol–water partition coefficient (Wildman–Crippen LogP) is 1.64. The monoisotopic (exact) mass is 226 g/mol. The molecule has 1 aliphatic heterocycles. The topological polar surface area (TPSA) is 29.3 Å². The molecule has 1 aliphatic rings. The molecule has 88 valence electrons. The molecule has 16 heavy (non-hydrogen) atoms. The minimum absolute atomic E-state index is 0.0994. The van der Waals surface area contributed by atoms with E-state index in [4.69, 9.17) is 5.73 Å². The van der Waals surface area contributed by atoms with Gasteiger partial charge in [-0.1, -0.05) is 24.3 Å². The van der Waals surface area contributed by atoms with Gasteiger partial charge in [0.1, 0.15) is 0 Å². The Morgan fingerprint density at radius 2 is 1.81 bits per heavy atom. The van der Waals surface area contributed by atoms with Gasteiger partial charge in [-0.15, -0.1) is 0 Å². The maximum atomic E-state index is 12.6. The molecule has 0 saturated carbocycles. The second-order valence-electron chi connectivity index (χ2n) is 4.29. The molecule has 0 spiro atoms. The number of rotatable bonds is 4. The number of nitrogens with two attached hydrogens (primary N) is 1. The standard InChI is InChI=1S/C12H16F2N2/c13-12(14)8-16(9-12)6-5-10-3-1-2-4-11(10)7-15/h1-4H,5-9,15H2. The fourth-order valence-corrected chi connectivity index (χ4v) is 2.05. The number of likely N-dealkylation sites (tertiary alicyclic amines) is 1. The molecule has 1 heterocycles. The lowest BCUT2D eigenvalue weighted by molar-refractivity contribution is -0.129. The molecule has 1 fully saturated rings. The molecular weight excluding hydrogens is 210 g/mol. The summed E-state index contributed by atoms with van der Waals surface area (Å²) in [4.78, 5) is 1.77. The average Bonchev–Trinajstić information content (AvgIpc) is 2.23. The number of hydrogen-bond donors (Lipinski definition) is 1. The maximum Gasteiger partial charge on any atom is 0.272 e. The summed E-state index contributed by atoms with van der Waals surface area (Å²) in [7, 11) is 0. The van der Waals surface area contributed by atoms with Crippen LogP contribution in [0, 0.1) is 0 Å². The van der Waals surface area contributed by atoms with E-state index >= 15 is 0 Å². The van der Waals surface area contributed by atoms with Gasteiger partial charge in [0.05, 0.1) is 13.1 Å². The Bertz CT molecular complexity index is 358. The molecule has 1 aromatic rings. The summed E-state index contributed by atoms with van der Waals surface area (Å²) in [5.74, 6) is -2.46. The molecule has 0 radical (unpaired) electrons. The Morgan fingerprint density at radius 3 is 2.38 bits per heavy atom. The van der Waals surface area contributed by atoms with Crippen LogP contribution in [0.5, 0.6) is 0 Å². The van der Waals surface area contributed by atoms with Gasteiger partial charge >= 0.3 is 0 Å². The van der Waals surface area contributed by atoms with E-state index in [0.717, 1.165) is 12.0 Å². The molecule has 1 saturated heterocycles. The summed E-state index contributed by atoms with van der Waals surface area (Å²) in [6, 6.07) is 7.91. The van der Waals surface area contributed by atoms with Gasteiger partial charge in [-0.3, -0.25) is 4.90 Å². The first-order valence-corrected chi connectivity index (χ1v) is 5.48. The Kier molecular flexibility index (Phi) is 3.21. The molecule has 4 heteroatoms. The molecule has 2 nitrogen and oxygen atoms in total. The predicted molar refractivity (Wildman–Crippen MR) is 59.4 cm³/mol. The van der Waals surface area contributed by atoms with E-state index in [0.29, 0.717) is 13.1 Å². The van der Waals surface area contributed by atoms with E-state index in [9.17, 15) is 8.78 Å². The molecule has 2 N–H and O–H groups in total. The highest BCUT2D eigenvalue weighted by atomic mass is 19.3. The van der Waals surface area contributed by atoms with Crippen molar-refractivity contribution in [1.82, 2.24) is 4.90 Å². The van der Waals surface area contributed by atoms with Gasteiger partial charge < -0.3 is 5.73 Å². The Morgan fingerprint density at radius 1 is 1.19 bits per heavy atom. The minimum Gasteiger partial charge on any atom is -0.326 e. The van der Waals surface area contributed by atoms with Crippen LogP contribution >= 0.6 is 0 Å². The zero-order valence-corrected chi connectivity index (χ0v) is 9.13. The fraction of sp³-hybridized carbons (Fsp3) is 0.500. The van der Waals surface area contributed by atoms with Crippen molar-refractivity contribution in [2.24, 2.45) is 5.73 Å². The summed E-state index contributed by atoms with van der Waals surface area (Å²) in [5.41, 5.74) is 7.89. The molecule has 0 aliphatic carbocycles. The van der Waals surface area contributed by atoms with Crippen LogP contribution in [0.2, 0.25) is 0 Å². The quantitative estimate of drug-likeness (QED) is 0.845. The minimum atomic E-state index is -2.46. The normalized spacial score (nSPS) is 19.4. The second-order valence-corrected chi connectivity index (χ2v) is 4.29. The molecule has 0 bridgehead atoms. The van der Waals surface area contributed by atoms with Crippen LogP contribution in [-0.4, -0.2) is 30.5 Å². The number of halogens is 2. The van der Waals surface area contributed by atoms with Crippen LogP contribution in [0.25, 0.3) is 0 Å². The lowest BCUT2D eigenvalue weighted by Crippen LogP contribution is -2.56. The van der Waals surface area contributed by atoms with Gasteiger partial charge in [-0.2, -0.15) is 0 Å². The van der Waals surface area contributed by atoms with Gasteiger partial charge in [-0.05, 0) is 17.5 Å². The van der Waals surface area contributed by atoms with Gasteiger partial charge in [0, 0.05) is 13.1 Å². The number of hydrogen-bond acceptors (Lipinski definition) is 2. The third-order valence-corrected chi connectivity index (χ3v) is 2.95. The first kappa shape index (κ1) is 11.5. The van der Waals surface area contributed by atoms with Crippen molar-refractivity contribution >= 4 is 0 Å². The van der Waals surface area contributed by atoms with E-state index in [1.807, 2.05) is 24.3 Å². The smallest absolute Gasteiger partial charge is 0.272 e. The first-order chi connectivity index (χ1) is 7.61. The third-order valence-electron chi connectivity index (χ3n) is 2.95. The van der Waals surface area contributed by atoms with E-state index in [1.165, 1.54) is 5.56 Å². The van der Waals surface area contributed by atoms with E-state index in [1.54, 1.807) is 4.90 Å². The summed E-state index contributed by atoms with van der Waals surface area (Å²) in [6.45, 7) is 0.995. The molecular formula is C12H16F2N2. The summed E-state index contributed by atoms with van der Waals surface area (Å²) >= 11 is 0. The molecule has 2 rings (SSSR count). The van der Waals surface area contributed by atoms with Gasteiger partial charge in [0.15, 0.2) is 0 Å². The number of alkyl halides is 2. The van der Waals surface area contributed by atoms with Crippen molar-refractivity contribution in [1.29, 1.82) is 0 Å². The maximum absolute atomic E-state index is 12.6. The van der Waals surface area contributed by atoms with E-state index < -0.39 is 5.92 Å². The van der Waals surface area contributed by atoms with E-state index in [2.05, 4.69) is 0 Å². The highest BCUT2D eigenvalue weighted by molar-refractivity contribution is 5.27. The van der Waals surface area contributed by atoms with Gasteiger partial charge in [-0.25, -0.2) is 8.78 Å². The zero-order chi connectivity index (χ0) is 11.6. The number of benzene rings is 1. The fourth-order valence-electron chi connectivity index (χ4n) is 2.05. The van der Waals surface area contributed by atoms with Gasteiger partial charge in [0.2, 0.25) is 0 Å². The van der Waals surface area contributed by atoms with Crippen molar-refractivity contribution in [3.05, 3.63) is 35.4 Å². The largest absolute Gasteiger partial charge is 0.326 e. The summed E-state index contributed by atoms with van der Waals surface area (Å²) in [6.07, 6.45) is 0.795. The third kappa shape index (κ3) is 2.57. The average molecular weight is 226 g/mol. The summed E-state index contributed by atoms with van der Waals surface area (Å²) < 4.78 is 25.2. The SMILES string of the molecule is NCc1ccccc1CCN1CC(F)(F)C1. The highest BCUT2D eigenvalue weighted by Crippen LogP contribution is 2.26. The van der Waals surface area contributed by atoms with Crippen molar-refractivity contribution in [3.63, 3.8) is 0 Å². The second kappa shape index (κ2) is 4.47. The van der Waals surface area contributed by atoms with E-state index in [-0.39, 0.29) is 13.1 Å².